The second-order valence-electron chi connectivity index (χ2n) is 6.77. The fourth-order valence-corrected chi connectivity index (χ4v) is 3.36. The first kappa shape index (κ1) is 18.2. The van der Waals surface area contributed by atoms with Crippen molar-refractivity contribution in [2.75, 3.05) is 36.5 Å². The first-order valence-corrected chi connectivity index (χ1v) is 9.51. The topological polar surface area (TPSA) is 54.5 Å². The zero-order valence-electron chi connectivity index (χ0n) is 15.7. The van der Waals surface area contributed by atoms with Crippen LogP contribution in [-0.2, 0) is 11.2 Å². The average molecular weight is 373 g/mol. The zero-order chi connectivity index (χ0) is 19.2. The van der Waals surface area contributed by atoms with Crippen LogP contribution in [-0.4, -0.2) is 37.2 Å². The van der Waals surface area contributed by atoms with Crippen molar-refractivity contribution in [3.8, 4) is 0 Å². The maximum atomic E-state index is 12.8. The number of para-hydroxylation sites is 1. The standard InChI is InChI=1S/C23H23N3O2/c27-23(22-17-20(10-11-24-22)26-12-14-28-15-13-26)25-21-9-5-4-8-19(21)16-18-6-2-1-3-7-18/h1-11,17H,12-16H2,(H,25,27). The van der Waals surface area contributed by atoms with Crippen LogP contribution in [0, 0.1) is 0 Å². The minimum Gasteiger partial charge on any atom is -0.378 e. The highest BCUT2D eigenvalue weighted by atomic mass is 16.5. The van der Waals surface area contributed by atoms with E-state index in [0.29, 0.717) is 18.9 Å². The number of benzene rings is 2. The van der Waals surface area contributed by atoms with Crippen molar-refractivity contribution in [3.05, 3.63) is 89.7 Å². The molecule has 5 nitrogen and oxygen atoms in total. The average Bonchev–Trinajstić information content (AvgIpc) is 2.76. The Bertz CT molecular complexity index is 937. The fourth-order valence-electron chi connectivity index (χ4n) is 3.36. The van der Waals surface area contributed by atoms with Crippen molar-refractivity contribution in [2.24, 2.45) is 0 Å². The Labute approximate surface area is 165 Å². The van der Waals surface area contributed by atoms with Gasteiger partial charge in [0, 0.05) is 30.7 Å². The minimum absolute atomic E-state index is 0.198. The van der Waals surface area contributed by atoms with E-state index in [1.165, 1.54) is 5.56 Å². The molecule has 28 heavy (non-hydrogen) atoms. The first-order chi connectivity index (χ1) is 13.8. The van der Waals surface area contributed by atoms with Gasteiger partial charge in [-0.05, 0) is 35.7 Å². The number of amides is 1. The number of ether oxygens (including phenoxy) is 1. The van der Waals surface area contributed by atoms with Gasteiger partial charge in [0.15, 0.2) is 0 Å². The molecule has 0 saturated carbocycles. The Morgan fingerprint density at radius 2 is 1.75 bits per heavy atom. The highest BCUT2D eigenvalue weighted by Gasteiger charge is 2.15. The molecule has 4 rings (SSSR count). The lowest BCUT2D eigenvalue weighted by molar-refractivity contribution is 0.102. The minimum atomic E-state index is -0.198. The Hall–Kier alpha value is -3.18. The van der Waals surface area contributed by atoms with Crippen LogP contribution in [0.25, 0.3) is 0 Å². The molecule has 1 aliphatic rings. The molecule has 1 aliphatic heterocycles. The first-order valence-electron chi connectivity index (χ1n) is 9.51. The second-order valence-corrected chi connectivity index (χ2v) is 6.77. The van der Waals surface area contributed by atoms with E-state index in [1.54, 1.807) is 6.20 Å². The molecule has 0 radical (unpaired) electrons. The third-order valence-electron chi connectivity index (χ3n) is 4.86. The van der Waals surface area contributed by atoms with Crippen molar-refractivity contribution in [1.82, 2.24) is 4.98 Å². The highest BCUT2D eigenvalue weighted by Crippen LogP contribution is 2.21. The van der Waals surface area contributed by atoms with E-state index in [9.17, 15) is 4.79 Å². The monoisotopic (exact) mass is 373 g/mol. The number of rotatable bonds is 5. The SMILES string of the molecule is O=C(Nc1ccccc1Cc1ccccc1)c1cc(N2CCOCC2)ccn1. The number of carbonyl (C=O) groups is 1. The maximum Gasteiger partial charge on any atom is 0.274 e. The summed E-state index contributed by atoms with van der Waals surface area (Å²) in [5, 5.41) is 3.03. The number of pyridine rings is 1. The summed E-state index contributed by atoms with van der Waals surface area (Å²) in [6.07, 6.45) is 2.45. The third-order valence-corrected chi connectivity index (χ3v) is 4.86. The molecule has 1 N–H and O–H groups in total. The van der Waals surface area contributed by atoms with Crippen LogP contribution < -0.4 is 10.2 Å². The zero-order valence-corrected chi connectivity index (χ0v) is 15.7. The van der Waals surface area contributed by atoms with Gasteiger partial charge < -0.3 is 15.0 Å². The fraction of sp³-hybridized carbons (Fsp3) is 0.217. The summed E-state index contributed by atoms with van der Waals surface area (Å²) in [6, 6.07) is 21.9. The molecule has 1 amide bonds. The van der Waals surface area contributed by atoms with Gasteiger partial charge in [0.05, 0.1) is 13.2 Å². The molecule has 2 aromatic carbocycles. The number of hydrogen-bond donors (Lipinski definition) is 1. The third kappa shape index (κ3) is 4.38. The van der Waals surface area contributed by atoms with Crippen molar-refractivity contribution >= 4 is 17.3 Å². The van der Waals surface area contributed by atoms with Crippen LogP contribution in [0.5, 0.6) is 0 Å². The van der Waals surface area contributed by atoms with E-state index in [4.69, 9.17) is 4.74 Å². The van der Waals surface area contributed by atoms with Gasteiger partial charge in [-0.25, -0.2) is 0 Å². The summed E-state index contributed by atoms with van der Waals surface area (Å²) in [5.74, 6) is -0.198. The number of aromatic nitrogens is 1. The molecule has 1 saturated heterocycles. The predicted molar refractivity (Wildman–Crippen MR) is 111 cm³/mol. The van der Waals surface area contributed by atoms with Gasteiger partial charge in [0.1, 0.15) is 5.69 Å². The van der Waals surface area contributed by atoms with E-state index in [-0.39, 0.29) is 5.91 Å². The summed E-state index contributed by atoms with van der Waals surface area (Å²) in [4.78, 5) is 19.3. The summed E-state index contributed by atoms with van der Waals surface area (Å²) < 4.78 is 5.40. The Morgan fingerprint density at radius 1 is 1.00 bits per heavy atom. The Kier molecular flexibility index (Phi) is 5.64. The van der Waals surface area contributed by atoms with E-state index in [0.717, 1.165) is 36.4 Å². The number of morpholine rings is 1. The molecule has 0 aliphatic carbocycles. The van der Waals surface area contributed by atoms with Crippen LogP contribution in [0.1, 0.15) is 21.6 Å². The van der Waals surface area contributed by atoms with Gasteiger partial charge in [0.2, 0.25) is 0 Å². The molecule has 2 heterocycles. The lowest BCUT2D eigenvalue weighted by Gasteiger charge is -2.28. The lowest BCUT2D eigenvalue weighted by atomic mass is 10.0. The molecule has 5 heteroatoms. The molecule has 0 atom stereocenters. The van der Waals surface area contributed by atoms with Crippen LogP contribution in [0.4, 0.5) is 11.4 Å². The molecular formula is C23H23N3O2. The summed E-state index contributed by atoms with van der Waals surface area (Å²) in [7, 11) is 0. The largest absolute Gasteiger partial charge is 0.378 e. The normalized spacial score (nSPS) is 13.9. The second kappa shape index (κ2) is 8.67. The number of nitrogens with zero attached hydrogens (tertiary/aromatic N) is 2. The number of hydrogen-bond acceptors (Lipinski definition) is 4. The van der Waals surface area contributed by atoms with Crippen molar-refractivity contribution in [1.29, 1.82) is 0 Å². The summed E-state index contributed by atoms with van der Waals surface area (Å²) in [5.41, 5.74) is 4.51. The van der Waals surface area contributed by atoms with Gasteiger partial charge in [-0.3, -0.25) is 9.78 Å². The van der Waals surface area contributed by atoms with E-state index >= 15 is 0 Å². The molecule has 142 valence electrons. The van der Waals surface area contributed by atoms with Gasteiger partial charge >= 0.3 is 0 Å². The van der Waals surface area contributed by atoms with Crippen molar-refractivity contribution < 1.29 is 9.53 Å². The van der Waals surface area contributed by atoms with E-state index in [2.05, 4.69) is 27.3 Å². The highest BCUT2D eigenvalue weighted by molar-refractivity contribution is 6.03. The Balaban J connectivity index is 1.51. The molecule has 3 aromatic rings. The number of nitrogens with one attached hydrogen (secondary N) is 1. The molecule has 0 bridgehead atoms. The molecule has 1 fully saturated rings. The molecule has 0 spiro atoms. The van der Waals surface area contributed by atoms with Crippen molar-refractivity contribution in [3.63, 3.8) is 0 Å². The smallest absolute Gasteiger partial charge is 0.274 e. The lowest BCUT2D eigenvalue weighted by Crippen LogP contribution is -2.36. The molecular weight excluding hydrogens is 350 g/mol. The van der Waals surface area contributed by atoms with Gasteiger partial charge in [0.25, 0.3) is 5.91 Å². The van der Waals surface area contributed by atoms with Crippen LogP contribution >= 0.6 is 0 Å². The van der Waals surface area contributed by atoms with Crippen molar-refractivity contribution in [2.45, 2.75) is 6.42 Å². The molecule has 0 unspecified atom stereocenters. The molecule has 1 aromatic heterocycles. The van der Waals surface area contributed by atoms with Gasteiger partial charge in [-0.15, -0.1) is 0 Å². The van der Waals surface area contributed by atoms with Crippen LogP contribution in [0.2, 0.25) is 0 Å². The predicted octanol–water partition coefficient (Wildman–Crippen LogP) is 3.76. The quantitative estimate of drug-likeness (QED) is 0.740. The number of anilines is 2. The summed E-state index contributed by atoms with van der Waals surface area (Å²) >= 11 is 0. The maximum absolute atomic E-state index is 12.8. The van der Waals surface area contributed by atoms with Crippen LogP contribution in [0.3, 0.4) is 0 Å². The Morgan fingerprint density at radius 3 is 2.57 bits per heavy atom. The summed E-state index contributed by atoms with van der Waals surface area (Å²) in [6.45, 7) is 3.06. The van der Waals surface area contributed by atoms with Gasteiger partial charge in [-0.1, -0.05) is 48.5 Å². The van der Waals surface area contributed by atoms with Gasteiger partial charge in [-0.2, -0.15) is 0 Å². The van der Waals surface area contributed by atoms with Crippen LogP contribution in [0.15, 0.2) is 72.9 Å². The van der Waals surface area contributed by atoms with E-state index < -0.39 is 0 Å². The van der Waals surface area contributed by atoms with E-state index in [1.807, 2.05) is 54.6 Å². The number of carbonyl (C=O) groups excluding carboxylic acids is 1.